The topological polar surface area (TPSA) is 100 Å². The van der Waals surface area contributed by atoms with E-state index in [1.54, 1.807) is 34.1 Å². The molecule has 0 aliphatic rings. The number of hydrogen-bond donors (Lipinski definition) is 3. The van der Waals surface area contributed by atoms with Crippen LogP contribution in [0.25, 0.3) is 0 Å². The molecule has 180 valence electrons. The second-order valence-corrected chi connectivity index (χ2v) is 8.92. The van der Waals surface area contributed by atoms with Crippen molar-refractivity contribution >= 4 is 35.0 Å². The minimum absolute atomic E-state index is 0.0549. The van der Waals surface area contributed by atoms with Gasteiger partial charge in [-0.3, -0.25) is 14.4 Å². The molecule has 0 spiro atoms. The molecule has 2 amide bonds. The Labute approximate surface area is 202 Å². The smallest absolute Gasteiger partial charge is 0.294 e. The number of aryl methyl sites for hydroxylation is 1. The minimum atomic E-state index is -1.46. The Morgan fingerprint density at radius 1 is 1.29 bits per heavy atom. The molecule has 0 fully saturated rings. The van der Waals surface area contributed by atoms with Gasteiger partial charge < -0.3 is 20.3 Å². The number of carbonyl (C=O) groups excluding carboxylic acids is 3. The zero-order chi connectivity index (χ0) is 25.8. The summed E-state index contributed by atoms with van der Waals surface area (Å²) in [4.78, 5) is 39.0. The van der Waals surface area contributed by atoms with Crippen LogP contribution in [-0.2, 0) is 11.8 Å². The van der Waals surface area contributed by atoms with Crippen LogP contribution in [-0.4, -0.2) is 45.7 Å². The number of anilines is 1. The molecule has 2 rings (SSSR count). The van der Waals surface area contributed by atoms with Crippen molar-refractivity contribution in [2.45, 2.75) is 33.3 Å². The fourth-order valence-corrected chi connectivity index (χ4v) is 4.29. The third kappa shape index (κ3) is 5.58. The third-order valence-electron chi connectivity index (χ3n) is 5.55. The number of thioether (sulfide) groups is 1. The predicted molar refractivity (Wildman–Crippen MR) is 132 cm³/mol. The summed E-state index contributed by atoms with van der Waals surface area (Å²) < 4.78 is 15.0. The number of benzene rings is 1. The van der Waals surface area contributed by atoms with E-state index in [1.165, 1.54) is 47.5 Å². The van der Waals surface area contributed by atoms with E-state index in [0.717, 1.165) is 0 Å². The second kappa shape index (κ2) is 10.7. The van der Waals surface area contributed by atoms with Gasteiger partial charge in [0.05, 0.1) is 17.8 Å². The summed E-state index contributed by atoms with van der Waals surface area (Å²) in [5.41, 5.74) is 0.445. The molecule has 1 aromatic carbocycles. The number of ketones is 1. The SMILES string of the molecule is C#C/C=C(\SC)C(C)(O)CNC(=O)C(=O)c1c(C)c(C(=O)Nc2ccc(F)c(C)c2)c(C)n1C. The van der Waals surface area contributed by atoms with E-state index in [0.29, 0.717) is 27.4 Å². The first-order valence-corrected chi connectivity index (χ1v) is 11.6. The maximum atomic E-state index is 13.5. The van der Waals surface area contributed by atoms with Crippen LogP contribution in [0.1, 0.15) is 44.6 Å². The van der Waals surface area contributed by atoms with Gasteiger partial charge in [-0.15, -0.1) is 18.2 Å². The Balaban J connectivity index is 2.27. The Hall–Kier alpha value is -3.35. The number of allylic oxidation sites excluding steroid dienone is 1. The van der Waals surface area contributed by atoms with Crippen molar-refractivity contribution in [3.8, 4) is 12.3 Å². The van der Waals surface area contributed by atoms with E-state index in [4.69, 9.17) is 6.42 Å². The largest absolute Gasteiger partial charge is 0.383 e. The van der Waals surface area contributed by atoms with Gasteiger partial charge in [-0.05, 0) is 63.3 Å². The molecule has 2 aromatic rings. The molecule has 34 heavy (non-hydrogen) atoms. The van der Waals surface area contributed by atoms with Crippen molar-refractivity contribution in [1.82, 2.24) is 9.88 Å². The molecule has 0 aliphatic carbocycles. The summed E-state index contributed by atoms with van der Waals surface area (Å²) in [6, 6.07) is 4.20. The molecule has 1 unspecified atom stereocenters. The van der Waals surface area contributed by atoms with Gasteiger partial charge >= 0.3 is 0 Å². The molecule has 0 aliphatic heterocycles. The average molecular weight is 486 g/mol. The predicted octanol–water partition coefficient (Wildman–Crippen LogP) is 3.27. The van der Waals surface area contributed by atoms with E-state index in [-0.39, 0.29) is 23.6 Å². The molecular weight excluding hydrogens is 457 g/mol. The lowest BCUT2D eigenvalue weighted by molar-refractivity contribution is -0.117. The molecule has 1 heterocycles. The maximum absolute atomic E-state index is 13.5. The number of rotatable bonds is 8. The zero-order valence-corrected chi connectivity index (χ0v) is 20.8. The van der Waals surface area contributed by atoms with Gasteiger partial charge in [-0.2, -0.15) is 0 Å². The van der Waals surface area contributed by atoms with Gasteiger partial charge in [0.2, 0.25) is 0 Å². The van der Waals surface area contributed by atoms with E-state index < -0.39 is 23.2 Å². The summed E-state index contributed by atoms with van der Waals surface area (Å²) >= 11 is 1.24. The lowest BCUT2D eigenvalue weighted by atomic mass is 10.0. The van der Waals surface area contributed by atoms with Crippen molar-refractivity contribution in [3.63, 3.8) is 0 Å². The Morgan fingerprint density at radius 3 is 2.50 bits per heavy atom. The number of aromatic nitrogens is 1. The summed E-state index contributed by atoms with van der Waals surface area (Å²) in [6.45, 7) is 6.07. The lowest BCUT2D eigenvalue weighted by Gasteiger charge is -2.25. The van der Waals surface area contributed by atoms with Crippen LogP contribution < -0.4 is 10.6 Å². The number of aliphatic hydroxyl groups is 1. The number of carbonyl (C=O) groups is 3. The van der Waals surface area contributed by atoms with Gasteiger partial charge in [-0.25, -0.2) is 4.39 Å². The average Bonchev–Trinajstić information content (AvgIpc) is 3.00. The standard InChI is InChI=1S/C25H28FN3O4S/c1-8-9-19(34-7)25(5,33)13-27-24(32)22(30)21-15(3)20(16(4)29(21)6)23(31)28-17-10-11-18(26)14(2)12-17/h1,9-12,33H,13H2,2-7H3,(H,27,32)(H,28,31)/b19-9-. The van der Waals surface area contributed by atoms with Crippen molar-refractivity contribution in [2.24, 2.45) is 7.05 Å². The first-order valence-electron chi connectivity index (χ1n) is 10.3. The quantitative estimate of drug-likeness (QED) is 0.303. The van der Waals surface area contributed by atoms with Crippen LogP contribution in [0, 0.1) is 38.9 Å². The van der Waals surface area contributed by atoms with Gasteiger partial charge in [0, 0.05) is 29.4 Å². The molecule has 7 nitrogen and oxygen atoms in total. The number of amides is 2. The molecule has 9 heteroatoms. The fourth-order valence-electron chi connectivity index (χ4n) is 3.59. The minimum Gasteiger partial charge on any atom is -0.383 e. The molecule has 0 saturated heterocycles. The highest BCUT2D eigenvalue weighted by Gasteiger charge is 2.31. The van der Waals surface area contributed by atoms with Crippen molar-refractivity contribution < 1.29 is 23.9 Å². The van der Waals surface area contributed by atoms with E-state index in [9.17, 15) is 23.9 Å². The monoisotopic (exact) mass is 485 g/mol. The van der Waals surface area contributed by atoms with E-state index in [1.807, 2.05) is 0 Å². The molecule has 0 saturated carbocycles. The van der Waals surface area contributed by atoms with E-state index >= 15 is 0 Å². The Bertz CT molecular complexity index is 1220. The normalized spacial score (nSPS) is 13.1. The first-order chi connectivity index (χ1) is 15.8. The van der Waals surface area contributed by atoms with Gasteiger partial charge in [0.15, 0.2) is 0 Å². The number of nitrogens with zero attached hydrogens (tertiary/aromatic N) is 1. The van der Waals surface area contributed by atoms with Crippen LogP contribution in [0.5, 0.6) is 0 Å². The second-order valence-electron chi connectivity index (χ2n) is 8.08. The number of terminal acetylenes is 1. The van der Waals surface area contributed by atoms with E-state index in [2.05, 4.69) is 16.6 Å². The highest BCUT2D eigenvalue weighted by atomic mass is 32.2. The molecular formula is C25H28FN3O4S. The molecule has 3 N–H and O–H groups in total. The maximum Gasteiger partial charge on any atom is 0.294 e. The molecule has 1 aromatic heterocycles. The van der Waals surface area contributed by atoms with Gasteiger partial charge in [0.1, 0.15) is 11.4 Å². The number of nitrogens with one attached hydrogen (secondary N) is 2. The molecule has 0 radical (unpaired) electrons. The number of hydrogen-bond acceptors (Lipinski definition) is 5. The summed E-state index contributed by atoms with van der Waals surface area (Å²) in [7, 11) is 1.58. The van der Waals surface area contributed by atoms with Crippen molar-refractivity contribution in [3.05, 3.63) is 63.1 Å². The summed E-state index contributed by atoms with van der Waals surface area (Å²) in [5, 5.41) is 15.8. The van der Waals surface area contributed by atoms with Gasteiger partial charge in [-0.1, -0.05) is 5.92 Å². The van der Waals surface area contributed by atoms with Crippen LogP contribution in [0.4, 0.5) is 10.1 Å². The molecule has 0 bridgehead atoms. The third-order valence-corrected chi connectivity index (χ3v) is 6.55. The number of Topliss-reactive ketones (excluding diaryl/α,β-unsaturated/α-hetero) is 1. The van der Waals surface area contributed by atoms with Gasteiger partial charge in [0.25, 0.3) is 17.6 Å². The first kappa shape index (κ1) is 26.9. The fraction of sp³-hybridized carbons (Fsp3) is 0.320. The zero-order valence-electron chi connectivity index (χ0n) is 20.0. The molecule has 1 atom stereocenters. The van der Waals surface area contributed by atoms with Crippen molar-refractivity contribution in [2.75, 3.05) is 18.1 Å². The Kier molecular flexibility index (Phi) is 8.48. The van der Waals surface area contributed by atoms with Crippen LogP contribution in [0.3, 0.4) is 0 Å². The summed E-state index contributed by atoms with van der Waals surface area (Å²) in [6.07, 6.45) is 8.41. The summed E-state index contributed by atoms with van der Waals surface area (Å²) in [5.74, 6) is -0.304. The van der Waals surface area contributed by atoms with Crippen LogP contribution in [0.15, 0.2) is 29.2 Å². The van der Waals surface area contributed by atoms with Crippen molar-refractivity contribution in [1.29, 1.82) is 0 Å². The van der Waals surface area contributed by atoms with Crippen LogP contribution in [0.2, 0.25) is 0 Å². The number of halogens is 1. The highest BCUT2D eigenvalue weighted by Crippen LogP contribution is 2.26. The lowest BCUT2D eigenvalue weighted by Crippen LogP contribution is -2.44. The highest BCUT2D eigenvalue weighted by molar-refractivity contribution is 8.02. The van der Waals surface area contributed by atoms with Crippen LogP contribution >= 0.6 is 11.8 Å². The Morgan fingerprint density at radius 2 is 1.94 bits per heavy atom.